The zero-order chi connectivity index (χ0) is 27.9. The summed E-state index contributed by atoms with van der Waals surface area (Å²) in [5.74, 6) is 0.161. The van der Waals surface area contributed by atoms with Crippen LogP contribution in [0.3, 0.4) is 0 Å². The number of aliphatic hydroxyl groups is 1. The molecule has 3 aromatic rings. The number of amides is 1. The van der Waals surface area contributed by atoms with Crippen LogP contribution in [0.25, 0.3) is 5.76 Å². The highest BCUT2D eigenvalue weighted by Crippen LogP contribution is 2.42. The molecule has 1 N–H and O–H groups in total. The molecular weight excluding hydrogens is 494 g/mol. The van der Waals surface area contributed by atoms with Gasteiger partial charge in [0.05, 0.1) is 25.3 Å². The fraction of sp³-hybridized carbons (Fsp3) is 0.312. The molecule has 0 saturated carbocycles. The summed E-state index contributed by atoms with van der Waals surface area (Å²) < 4.78 is 17.4. The van der Waals surface area contributed by atoms with Crippen LogP contribution in [0.2, 0.25) is 0 Å². The lowest BCUT2D eigenvalue weighted by atomic mass is 9.94. The van der Waals surface area contributed by atoms with Crippen molar-refractivity contribution in [3.8, 4) is 17.2 Å². The number of likely N-dealkylation sites (tertiary alicyclic amines) is 1. The predicted octanol–water partition coefficient (Wildman–Crippen LogP) is 6.20. The second-order valence-corrected chi connectivity index (χ2v) is 9.51. The maximum atomic E-state index is 13.3. The van der Waals surface area contributed by atoms with Crippen LogP contribution in [0.4, 0.5) is 0 Å². The van der Waals surface area contributed by atoms with Crippen LogP contribution < -0.4 is 14.2 Å². The summed E-state index contributed by atoms with van der Waals surface area (Å²) in [6.07, 6.45) is 1.53. The van der Waals surface area contributed by atoms with Gasteiger partial charge in [-0.15, -0.1) is 0 Å². The van der Waals surface area contributed by atoms with E-state index in [0.29, 0.717) is 54.6 Å². The van der Waals surface area contributed by atoms with Crippen molar-refractivity contribution in [2.75, 3.05) is 20.3 Å². The van der Waals surface area contributed by atoms with E-state index < -0.39 is 17.7 Å². The largest absolute Gasteiger partial charge is 0.507 e. The lowest BCUT2D eigenvalue weighted by Gasteiger charge is -2.25. The number of rotatable bonds is 11. The maximum Gasteiger partial charge on any atom is 0.295 e. The van der Waals surface area contributed by atoms with Crippen LogP contribution in [0.5, 0.6) is 17.2 Å². The van der Waals surface area contributed by atoms with Crippen LogP contribution >= 0.6 is 0 Å². The Morgan fingerprint density at radius 2 is 1.64 bits per heavy atom. The van der Waals surface area contributed by atoms with Crippen LogP contribution in [0, 0.1) is 6.92 Å². The highest BCUT2D eigenvalue weighted by molar-refractivity contribution is 6.46. The number of carbonyl (C=O) groups excluding carboxylic acids is 2. The van der Waals surface area contributed by atoms with E-state index in [-0.39, 0.29) is 11.3 Å². The fourth-order valence-corrected chi connectivity index (χ4v) is 4.74. The van der Waals surface area contributed by atoms with Gasteiger partial charge < -0.3 is 24.2 Å². The number of methoxy groups -OCH3 is 1. The van der Waals surface area contributed by atoms with Crippen LogP contribution in [0.1, 0.15) is 55.0 Å². The number of aliphatic hydroxyl groups excluding tert-OH is 1. The number of hydrogen-bond donors (Lipinski definition) is 1. The van der Waals surface area contributed by atoms with Crippen LogP contribution in [-0.2, 0) is 16.2 Å². The molecule has 0 radical (unpaired) electrons. The molecule has 0 aliphatic carbocycles. The first kappa shape index (κ1) is 27.8. The standard InChI is InChI=1S/C32H35NO6/c1-5-16-33-29(23-12-15-26(37-4)27(19-23)39-20-22-10-8-7-9-11-22)28(31(35)32(33)36)30(34)24-13-14-25(21(3)18-24)38-17-6-2/h7-15,18-19,29,34H,5-6,16-17,20H2,1-4H3/b30-28-. The molecule has 0 aromatic heterocycles. The fourth-order valence-electron chi connectivity index (χ4n) is 4.74. The van der Waals surface area contributed by atoms with E-state index in [4.69, 9.17) is 14.2 Å². The Labute approximate surface area is 229 Å². The van der Waals surface area contributed by atoms with E-state index in [1.165, 1.54) is 4.90 Å². The number of Topliss-reactive ketones (excluding diaryl/α,β-unsaturated/α-hetero) is 1. The first-order valence-corrected chi connectivity index (χ1v) is 13.3. The van der Waals surface area contributed by atoms with Crippen LogP contribution in [-0.4, -0.2) is 42.0 Å². The van der Waals surface area contributed by atoms with E-state index >= 15 is 0 Å². The topological polar surface area (TPSA) is 85.3 Å². The number of carbonyl (C=O) groups is 2. The van der Waals surface area contributed by atoms with Crippen molar-refractivity contribution in [2.45, 2.75) is 46.3 Å². The minimum Gasteiger partial charge on any atom is -0.507 e. The van der Waals surface area contributed by atoms with Gasteiger partial charge in [0.1, 0.15) is 18.1 Å². The van der Waals surface area contributed by atoms with Gasteiger partial charge in [0.25, 0.3) is 11.7 Å². The molecule has 1 amide bonds. The van der Waals surface area contributed by atoms with E-state index in [1.54, 1.807) is 43.5 Å². The quantitative estimate of drug-likeness (QED) is 0.181. The minimum atomic E-state index is -0.772. The summed E-state index contributed by atoms with van der Waals surface area (Å²) in [4.78, 5) is 28.0. The molecule has 1 unspecified atom stereocenters. The molecule has 7 nitrogen and oxygen atoms in total. The van der Waals surface area contributed by atoms with E-state index in [2.05, 4.69) is 0 Å². The summed E-state index contributed by atoms with van der Waals surface area (Å²) in [6, 6.07) is 19.6. The second-order valence-electron chi connectivity index (χ2n) is 9.51. The number of benzene rings is 3. The minimum absolute atomic E-state index is 0.0502. The highest BCUT2D eigenvalue weighted by atomic mass is 16.5. The van der Waals surface area contributed by atoms with Gasteiger partial charge in [-0.05, 0) is 66.8 Å². The molecule has 3 aromatic carbocycles. The average Bonchev–Trinajstić information content (AvgIpc) is 3.20. The Morgan fingerprint density at radius 1 is 0.897 bits per heavy atom. The normalized spacial score (nSPS) is 16.4. The third kappa shape index (κ3) is 5.93. The summed E-state index contributed by atoms with van der Waals surface area (Å²) in [6.45, 7) is 7.12. The first-order valence-electron chi connectivity index (χ1n) is 13.3. The van der Waals surface area contributed by atoms with Gasteiger partial charge in [-0.3, -0.25) is 9.59 Å². The van der Waals surface area contributed by atoms with Gasteiger partial charge in [-0.1, -0.05) is 50.2 Å². The SMILES string of the molecule is CCCOc1ccc(/C(O)=C2/C(=O)C(=O)N(CCC)C2c2ccc(OC)c(OCc3ccccc3)c2)cc1C. The summed E-state index contributed by atoms with van der Waals surface area (Å²) in [7, 11) is 1.56. The number of ether oxygens (including phenoxy) is 3. The maximum absolute atomic E-state index is 13.3. The zero-order valence-electron chi connectivity index (χ0n) is 22.9. The molecular formula is C32H35NO6. The molecule has 1 aliphatic rings. The number of hydrogen-bond acceptors (Lipinski definition) is 6. The highest BCUT2D eigenvalue weighted by Gasteiger charge is 2.46. The van der Waals surface area contributed by atoms with Crippen molar-refractivity contribution < 1.29 is 28.9 Å². The van der Waals surface area contributed by atoms with Gasteiger partial charge in [-0.25, -0.2) is 0 Å². The molecule has 1 fully saturated rings. The first-order chi connectivity index (χ1) is 18.9. The smallest absolute Gasteiger partial charge is 0.295 e. The Hall–Kier alpha value is -4.26. The molecule has 0 bridgehead atoms. The Bertz CT molecular complexity index is 1360. The van der Waals surface area contributed by atoms with Gasteiger partial charge in [-0.2, -0.15) is 0 Å². The summed E-state index contributed by atoms with van der Waals surface area (Å²) >= 11 is 0. The monoisotopic (exact) mass is 529 g/mol. The van der Waals surface area contributed by atoms with Gasteiger partial charge >= 0.3 is 0 Å². The van der Waals surface area contributed by atoms with Gasteiger partial charge in [0.2, 0.25) is 0 Å². The van der Waals surface area contributed by atoms with Gasteiger partial charge in [0, 0.05) is 12.1 Å². The predicted molar refractivity (Wildman–Crippen MR) is 150 cm³/mol. The number of ketones is 1. The second kappa shape index (κ2) is 12.5. The third-order valence-corrected chi connectivity index (χ3v) is 6.66. The third-order valence-electron chi connectivity index (χ3n) is 6.66. The van der Waals surface area contributed by atoms with E-state index in [9.17, 15) is 14.7 Å². The van der Waals surface area contributed by atoms with Crippen molar-refractivity contribution >= 4 is 17.4 Å². The average molecular weight is 530 g/mol. The van der Waals surface area contributed by atoms with E-state index in [1.807, 2.05) is 51.1 Å². The Kier molecular flexibility index (Phi) is 8.92. The Morgan fingerprint density at radius 3 is 2.31 bits per heavy atom. The van der Waals surface area contributed by atoms with Crippen molar-refractivity contribution in [1.82, 2.24) is 4.90 Å². The number of nitrogens with zero attached hydrogens (tertiary/aromatic N) is 1. The molecule has 39 heavy (non-hydrogen) atoms. The molecule has 7 heteroatoms. The molecule has 1 atom stereocenters. The summed E-state index contributed by atoms with van der Waals surface area (Å²) in [5, 5.41) is 11.4. The van der Waals surface area contributed by atoms with Crippen LogP contribution in [0.15, 0.2) is 72.3 Å². The number of aryl methyl sites for hydroxylation is 1. The van der Waals surface area contributed by atoms with Crippen molar-refractivity contribution in [3.05, 3.63) is 94.6 Å². The lowest BCUT2D eigenvalue weighted by Crippen LogP contribution is -2.30. The lowest BCUT2D eigenvalue weighted by molar-refractivity contribution is -0.139. The zero-order valence-corrected chi connectivity index (χ0v) is 22.9. The van der Waals surface area contributed by atoms with Crippen molar-refractivity contribution in [2.24, 2.45) is 0 Å². The molecule has 4 rings (SSSR count). The molecule has 1 heterocycles. The van der Waals surface area contributed by atoms with Crippen molar-refractivity contribution in [3.63, 3.8) is 0 Å². The summed E-state index contributed by atoms with van der Waals surface area (Å²) in [5.41, 5.74) is 2.96. The van der Waals surface area contributed by atoms with Gasteiger partial charge in [0.15, 0.2) is 11.5 Å². The van der Waals surface area contributed by atoms with Crippen molar-refractivity contribution in [1.29, 1.82) is 0 Å². The molecule has 1 saturated heterocycles. The van der Waals surface area contributed by atoms with E-state index in [0.717, 1.165) is 17.5 Å². The molecule has 0 spiro atoms. The Balaban J connectivity index is 1.77. The molecule has 204 valence electrons. The molecule has 1 aliphatic heterocycles.